The minimum Gasteiger partial charge on any atom is -0.347 e. The van der Waals surface area contributed by atoms with E-state index in [1.165, 1.54) is 15.9 Å². The molecule has 1 heterocycles. The van der Waals surface area contributed by atoms with Gasteiger partial charge < -0.3 is 9.80 Å². The maximum Gasteiger partial charge on any atom is 0.257 e. The summed E-state index contributed by atoms with van der Waals surface area (Å²) in [4.78, 5) is 28.0. The summed E-state index contributed by atoms with van der Waals surface area (Å²) in [6.45, 7) is 0.349. The Morgan fingerprint density at radius 2 is 1.78 bits per heavy atom. The van der Waals surface area contributed by atoms with Crippen molar-refractivity contribution >= 4 is 21.7 Å². The van der Waals surface area contributed by atoms with Crippen LogP contribution < -0.4 is 0 Å². The number of carbonyl (C=O) groups is 2. The number of halogens is 1. The number of carbonyl (C=O) groups excluding carboxylic acids is 2. The third kappa shape index (κ3) is 3.72. The summed E-state index contributed by atoms with van der Waals surface area (Å²) in [6.07, 6.45) is 4.07. The van der Waals surface area contributed by atoms with Crippen molar-refractivity contribution in [2.75, 3.05) is 20.6 Å². The highest BCUT2D eigenvalue weighted by Crippen LogP contribution is 2.31. The summed E-state index contributed by atoms with van der Waals surface area (Å²) in [5.74, 6) is -1.61. The summed E-state index contributed by atoms with van der Waals surface area (Å²) in [5.41, 5.74) is -0.285. The number of nitrogens with zero attached hydrogens (tertiary/aromatic N) is 2. The number of hydrogen-bond donors (Lipinski definition) is 0. The van der Waals surface area contributed by atoms with Crippen molar-refractivity contribution in [2.45, 2.75) is 54.7 Å². The van der Waals surface area contributed by atoms with Crippen molar-refractivity contribution in [3.05, 3.63) is 29.6 Å². The predicted octanol–water partition coefficient (Wildman–Crippen LogP) is 2.23. The molecule has 3 rings (SSSR count). The Balaban J connectivity index is 1.92. The van der Waals surface area contributed by atoms with E-state index >= 15 is 0 Å². The van der Waals surface area contributed by atoms with Crippen LogP contribution in [-0.4, -0.2) is 62.0 Å². The molecular formula is C19H25FN2O4S. The molecular weight excluding hydrogens is 371 g/mol. The molecule has 1 aliphatic carbocycles. The van der Waals surface area contributed by atoms with Crippen LogP contribution in [0.3, 0.4) is 0 Å². The average Bonchev–Trinajstić information content (AvgIpc) is 3.32. The fourth-order valence-corrected chi connectivity index (χ4v) is 5.83. The van der Waals surface area contributed by atoms with Gasteiger partial charge in [0, 0.05) is 20.6 Å². The molecule has 6 nitrogen and oxygen atoms in total. The molecule has 1 aromatic rings. The van der Waals surface area contributed by atoms with E-state index in [2.05, 4.69) is 0 Å². The summed E-state index contributed by atoms with van der Waals surface area (Å²) < 4.78 is 40.0. The van der Waals surface area contributed by atoms with Crippen LogP contribution in [0.15, 0.2) is 23.1 Å². The van der Waals surface area contributed by atoms with Gasteiger partial charge in [0.25, 0.3) is 5.91 Å². The highest BCUT2D eigenvalue weighted by molar-refractivity contribution is 7.92. The van der Waals surface area contributed by atoms with Crippen LogP contribution in [0.5, 0.6) is 0 Å². The number of hydrogen-bond acceptors (Lipinski definition) is 4. The van der Waals surface area contributed by atoms with Gasteiger partial charge in [-0.15, -0.1) is 0 Å². The minimum atomic E-state index is -3.59. The lowest BCUT2D eigenvalue weighted by Gasteiger charge is -2.26. The van der Waals surface area contributed by atoms with E-state index in [9.17, 15) is 22.4 Å². The first-order valence-electron chi connectivity index (χ1n) is 9.29. The molecule has 0 radical (unpaired) electrons. The predicted molar refractivity (Wildman–Crippen MR) is 98.6 cm³/mol. The molecule has 1 aromatic carbocycles. The maximum atomic E-state index is 14.4. The van der Waals surface area contributed by atoms with E-state index in [4.69, 9.17) is 0 Å². The van der Waals surface area contributed by atoms with Crippen molar-refractivity contribution in [3.8, 4) is 0 Å². The third-order valence-electron chi connectivity index (χ3n) is 5.48. The second-order valence-corrected chi connectivity index (χ2v) is 9.71. The smallest absolute Gasteiger partial charge is 0.257 e. The van der Waals surface area contributed by atoms with Crippen LogP contribution in [0.25, 0.3) is 0 Å². The van der Waals surface area contributed by atoms with Crippen LogP contribution in [0.1, 0.15) is 48.9 Å². The zero-order valence-corrected chi connectivity index (χ0v) is 16.5. The summed E-state index contributed by atoms with van der Waals surface area (Å²) in [5, 5.41) is -0.472. The first-order chi connectivity index (χ1) is 12.7. The molecule has 2 amide bonds. The molecule has 8 heteroatoms. The fourth-order valence-electron chi connectivity index (χ4n) is 3.96. The Morgan fingerprint density at radius 1 is 1.11 bits per heavy atom. The van der Waals surface area contributed by atoms with Gasteiger partial charge >= 0.3 is 0 Å². The van der Waals surface area contributed by atoms with Crippen LogP contribution in [0.4, 0.5) is 4.39 Å². The molecule has 0 bridgehead atoms. The van der Waals surface area contributed by atoms with Gasteiger partial charge in [0.1, 0.15) is 11.9 Å². The van der Waals surface area contributed by atoms with Crippen molar-refractivity contribution in [1.82, 2.24) is 9.80 Å². The molecule has 0 unspecified atom stereocenters. The lowest BCUT2D eigenvalue weighted by molar-refractivity contribution is -0.132. The summed E-state index contributed by atoms with van der Waals surface area (Å²) >= 11 is 0. The van der Waals surface area contributed by atoms with E-state index < -0.39 is 32.9 Å². The minimum absolute atomic E-state index is 0.0196. The Bertz CT molecular complexity index is 847. The zero-order valence-electron chi connectivity index (χ0n) is 15.7. The second kappa shape index (κ2) is 7.58. The normalized spacial score (nSPS) is 20.9. The van der Waals surface area contributed by atoms with E-state index in [0.29, 0.717) is 32.2 Å². The van der Waals surface area contributed by atoms with E-state index in [1.54, 1.807) is 14.1 Å². The fraction of sp³-hybridized carbons (Fsp3) is 0.579. The van der Waals surface area contributed by atoms with Gasteiger partial charge in [-0.2, -0.15) is 0 Å². The largest absolute Gasteiger partial charge is 0.347 e. The van der Waals surface area contributed by atoms with E-state index in [-0.39, 0.29) is 16.4 Å². The SMILES string of the molecule is CN(C)C(=O)[C@H]1CCCN1C(=O)c1cc(S(=O)(=O)C2CCCC2)ccc1F. The molecule has 2 aliphatic rings. The summed E-state index contributed by atoms with van der Waals surface area (Å²) in [7, 11) is -0.371. The van der Waals surface area contributed by atoms with Crippen LogP contribution in [0.2, 0.25) is 0 Å². The van der Waals surface area contributed by atoms with E-state index in [0.717, 1.165) is 25.0 Å². The molecule has 0 aromatic heterocycles. The maximum absolute atomic E-state index is 14.4. The Morgan fingerprint density at radius 3 is 2.41 bits per heavy atom. The monoisotopic (exact) mass is 396 g/mol. The van der Waals surface area contributed by atoms with Gasteiger partial charge in [0.05, 0.1) is 15.7 Å². The average molecular weight is 396 g/mol. The Kier molecular flexibility index (Phi) is 5.55. The van der Waals surface area contributed by atoms with E-state index in [1.807, 2.05) is 0 Å². The molecule has 1 saturated carbocycles. The van der Waals surface area contributed by atoms with Crippen molar-refractivity contribution in [2.24, 2.45) is 0 Å². The molecule has 0 spiro atoms. The third-order valence-corrected chi connectivity index (χ3v) is 7.74. The molecule has 1 aliphatic heterocycles. The number of benzene rings is 1. The summed E-state index contributed by atoms with van der Waals surface area (Å²) in [6, 6.07) is 2.77. The van der Waals surface area contributed by atoms with Gasteiger partial charge in [-0.3, -0.25) is 9.59 Å². The number of rotatable bonds is 4. The van der Waals surface area contributed by atoms with Crippen LogP contribution in [-0.2, 0) is 14.6 Å². The highest BCUT2D eigenvalue weighted by atomic mass is 32.2. The lowest BCUT2D eigenvalue weighted by Crippen LogP contribution is -2.45. The van der Waals surface area contributed by atoms with Gasteiger partial charge in [-0.05, 0) is 43.9 Å². The number of amides is 2. The van der Waals surface area contributed by atoms with Crippen molar-refractivity contribution in [1.29, 1.82) is 0 Å². The molecule has 148 valence electrons. The van der Waals surface area contributed by atoms with Crippen molar-refractivity contribution < 1.29 is 22.4 Å². The highest BCUT2D eigenvalue weighted by Gasteiger charge is 2.37. The van der Waals surface area contributed by atoms with Gasteiger partial charge in [-0.1, -0.05) is 12.8 Å². The molecule has 1 saturated heterocycles. The molecule has 27 heavy (non-hydrogen) atoms. The zero-order chi connectivity index (χ0) is 19.8. The standard InChI is InChI=1S/C19H25FN2O4S/c1-21(2)19(24)17-8-5-11-22(17)18(23)15-12-14(9-10-16(15)20)27(25,26)13-6-3-4-7-13/h9-10,12-13,17H,3-8,11H2,1-2H3/t17-/m1/s1. The molecule has 0 N–H and O–H groups in total. The molecule has 2 fully saturated rings. The second-order valence-electron chi connectivity index (χ2n) is 7.48. The Hall–Kier alpha value is -1.96. The number of likely N-dealkylation sites (tertiary alicyclic amines) is 1. The van der Waals surface area contributed by atoms with Crippen LogP contribution >= 0.6 is 0 Å². The first-order valence-corrected chi connectivity index (χ1v) is 10.8. The van der Waals surface area contributed by atoms with Crippen molar-refractivity contribution in [3.63, 3.8) is 0 Å². The Labute approximate surface area is 159 Å². The van der Waals surface area contributed by atoms with Crippen LogP contribution in [0, 0.1) is 5.82 Å². The quantitative estimate of drug-likeness (QED) is 0.732. The number of sulfone groups is 1. The van der Waals surface area contributed by atoms with Gasteiger partial charge in [0.15, 0.2) is 9.84 Å². The number of likely N-dealkylation sites (N-methyl/N-ethyl adjacent to an activating group) is 1. The first kappa shape index (κ1) is 19.8. The molecule has 1 atom stereocenters. The van der Waals surface area contributed by atoms with Gasteiger partial charge in [-0.25, -0.2) is 12.8 Å². The lowest BCUT2D eigenvalue weighted by atomic mass is 10.1. The topological polar surface area (TPSA) is 74.8 Å². The van der Waals surface area contributed by atoms with Gasteiger partial charge in [0.2, 0.25) is 5.91 Å².